The van der Waals surface area contributed by atoms with Crippen molar-refractivity contribution in [1.82, 2.24) is 14.9 Å². The number of carbonyl (C=O) groups excluding carboxylic acids is 1. The SMILES string of the molecule is CCOCCCn1c(SCC(=O)NC2CCCCCCC2)nc2cc(Cl)ccc2c1=O. The highest BCUT2D eigenvalue weighted by molar-refractivity contribution is 7.99. The minimum Gasteiger partial charge on any atom is -0.382 e. The Labute approximate surface area is 193 Å². The van der Waals surface area contributed by atoms with Gasteiger partial charge in [-0.15, -0.1) is 0 Å². The number of nitrogens with one attached hydrogen (secondary N) is 1. The molecular formula is C23H32ClN3O3S. The predicted octanol–water partition coefficient (Wildman–Crippen LogP) is 4.80. The number of fused-ring (bicyclic) bond motifs is 1. The molecule has 1 aromatic carbocycles. The van der Waals surface area contributed by atoms with Gasteiger partial charge in [-0.05, 0) is 44.4 Å². The molecule has 0 radical (unpaired) electrons. The summed E-state index contributed by atoms with van der Waals surface area (Å²) in [4.78, 5) is 30.4. The van der Waals surface area contributed by atoms with Crippen LogP contribution in [0.1, 0.15) is 58.3 Å². The topological polar surface area (TPSA) is 73.2 Å². The van der Waals surface area contributed by atoms with Crippen molar-refractivity contribution in [3.05, 3.63) is 33.6 Å². The summed E-state index contributed by atoms with van der Waals surface area (Å²) < 4.78 is 7.07. The number of thioether (sulfide) groups is 1. The number of ether oxygens (including phenoxy) is 1. The Bertz CT molecular complexity index is 926. The van der Waals surface area contributed by atoms with Crippen LogP contribution in [-0.2, 0) is 16.1 Å². The lowest BCUT2D eigenvalue weighted by Gasteiger charge is -2.21. The minimum absolute atomic E-state index is 0.00289. The Balaban J connectivity index is 1.72. The summed E-state index contributed by atoms with van der Waals surface area (Å²) >= 11 is 7.41. The summed E-state index contributed by atoms with van der Waals surface area (Å²) in [5, 5.41) is 4.79. The smallest absolute Gasteiger partial charge is 0.262 e. The molecule has 2 aromatic rings. The average Bonchev–Trinajstić information content (AvgIpc) is 2.72. The van der Waals surface area contributed by atoms with Crippen molar-refractivity contribution in [2.24, 2.45) is 0 Å². The molecule has 0 bridgehead atoms. The van der Waals surface area contributed by atoms with E-state index in [0.717, 1.165) is 12.8 Å². The van der Waals surface area contributed by atoms with Crippen LogP contribution >= 0.6 is 23.4 Å². The van der Waals surface area contributed by atoms with Crippen LogP contribution in [0.3, 0.4) is 0 Å². The van der Waals surface area contributed by atoms with Crippen LogP contribution in [0.5, 0.6) is 0 Å². The zero-order valence-electron chi connectivity index (χ0n) is 18.2. The fourth-order valence-corrected chi connectivity index (χ4v) is 4.95. The zero-order valence-corrected chi connectivity index (χ0v) is 19.8. The third kappa shape index (κ3) is 7.22. The molecule has 1 aliphatic rings. The van der Waals surface area contributed by atoms with E-state index in [4.69, 9.17) is 16.3 Å². The summed E-state index contributed by atoms with van der Waals surface area (Å²) in [7, 11) is 0. The third-order valence-electron chi connectivity index (χ3n) is 5.56. The summed E-state index contributed by atoms with van der Waals surface area (Å²) in [5.41, 5.74) is 0.447. The van der Waals surface area contributed by atoms with Gasteiger partial charge in [0.25, 0.3) is 5.56 Å². The first-order valence-electron chi connectivity index (χ1n) is 11.3. The van der Waals surface area contributed by atoms with Crippen molar-refractivity contribution in [3.63, 3.8) is 0 Å². The van der Waals surface area contributed by atoms with Gasteiger partial charge in [-0.25, -0.2) is 4.98 Å². The molecule has 170 valence electrons. The molecule has 0 spiro atoms. The van der Waals surface area contributed by atoms with Crippen molar-refractivity contribution >= 4 is 40.2 Å². The largest absolute Gasteiger partial charge is 0.382 e. The Morgan fingerprint density at radius 2 is 2.00 bits per heavy atom. The maximum absolute atomic E-state index is 13.1. The number of aromatic nitrogens is 2. The van der Waals surface area contributed by atoms with Gasteiger partial charge >= 0.3 is 0 Å². The molecule has 0 unspecified atom stereocenters. The Morgan fingerprint density at radius 3 is 2.74 bits per heavy atom. The number of benzene rings is 1. The van der Waals surface area contributed by atoms with Crippen LogP contribution in [-0.4, -0.2) is 40.5 Å². The second-order valence-electron chi connectivity index (χ2n) is 7.96. The van der Waals surface area contributed by atoms with Crippen LogP contribution < -0.4 is 10.9 Å². The van der Waals surface area contributed by atoms with E-state index in [9.17, 15) is 9.59 Å². The van der Waals surface area contributed by atoms with Gasteiger partial charge in [-0.3, -0.25) is 14.2 Å². The molecule has 1 fully saturated rings. The lowest BCUT2D eigenvalue weighted by atomic mass is 9.97. The second kappa shape index (κ2) is 12.5. The van der Waals surface area contributed by atoms with Gasteiger partial charge < -0.3 is 10.1 Å². The molecule has 1 aliphatic carbocycles. The number of nitrogens with zero attached hydrogens (tertiary/aromatic N) is 2. The van der Waals surface area contributed by atoms with Gasteiger partial charge in [0.15, 0.2) is 5.16 Å². The van der Waals surface area contributed by atoms with Crippen molar-refractivity contribution in [1.29, 1.82) is 0 Å². The summed E-state index contributed by atoms with van der Waals surface area (Å²) in [6.45, 7) is 3.67. The standard InChI is InChI=1S/C23H32ClN3O3S/c1-2-30-14-8-13-27-22(29)19-12-11-17(24)15-20(19)26-23(27)31-16-21(28)25-18-9-6-4-3-5-7-10-18/h11-12,15,18H,2-10,13-14,16H2,1H3,(H,25,28). The molecular weight excluding hydrogens is 434 g/mol. The second-order valence-corrected chi connectivity index (χ2v) is 9.34. The van der Waals surface area contributed by atoms with Gasteiger partial charge in [0, 0.05) is 30.8 Å². The number of hydrogen-bond acceptors (Lipinski definition) is 5. The van der Waals surface area contributed by atoms with E-state index in [-0.39, 0.29) is 23.3 Å². The van der Waals surface area contributed by atoms with Crippen molar-refractivity contribution < 1.29 is 9.53 Å². The van der Waals surface area contributed by atoms with Crippen molar-refractivity contribution in [2.45, 2.75) is 76.0 Å². The van der Waals surface area contributed by atoms with E-state index in [1.807, 2.05) is 6.92 Å². The normalized spacial score (nSPS) is 15.5. The number of hydrogen-bond donors (Lipinski definition) is 1. The first kappa shape index (κ1) is 24.1. The molecule has 1 N–H and O–H groups in total. The fraction of sp³-hybridized carbons (Fsp3) is 0.609. The first-order chi connectivity index (χ1) is 15.1. The van der Waals surface area contributed by atoms with E-state index in [0.29, 0.717) is 47.3 Å². The van der Waals surface area contributed by atoms with Gasteiger partial charge in [-0.1, -0.05) is 55.5 Å². The predicted molar refractivity (Wildman–Crippen MR) is 127 cm³/mol. The van der Waals surface area contributed by atoms with Crippen LogP contribution in [0.15, 0.2) is 28.2 Å². The molecule has 31 heavy (non-hydrogen) atoms. The van der Waals surface area contributed by atoms with E-state index in [1.165, 1.54) is 43.9 Å². The molecule has 1 saturated carbocycles. The van der Waals surface area contributed by atoms with E-state index in [1.54, 1.807) is 22.8 Å². The molecule has 1 heterocycles. The Hall–Kier alpha value is -1.57. The minimum atomic E-state index is -0.110. The number of rotatable bonds is 9. The Kier molecular flexibility index (Phi) is 9.68. The van der Waals surface area contributed by atoms with E-state index >= 15 is 0 Å². The van der Waals surface area contributed by atoms with Crippen molar-refractivity contribution in [3.8, 4) is 0 Å². The maximum atomic E-state index is 13.1. The van der Waals surface area contributed by atoms with Gasteiger partial charge in [0.1, 0.15) is 0 Å². The quantitative estimate of drug-likeness (QED) is 0.327. The molecule has 6 nitrogen and oxygen atoms in total. The van der Waals surface area contributed by atoms with Crippen LogP contribution in [0.2, 0.25) is 5.02 Å². The van der Waals surface area contributed by atoms with Crippen LogP contribution in [0.4, 0.5) is 0 Å². The molecule has 0 atom stereocenters. The van der Waals surface area contributed by atoms with Gasteiger partial charge in [0.2, 0.25) is 5.91 Å². The van der Waals surface area contributed by atoms with E-state index < -0.39 is 0 Å². The summed E-state index contributed by atoms with van der Waals surface area (Å²) in [6, 6.07) is 5.36. The molecule has 0 saturated heterocycles. The highest BCUT2D eigenvalue weighted by Crippen LogP contribution is 2.21. The first-order valence-corrected chi connectivity index (χ1v) is 12.6. The Morgan fingerprint density at radius 1 is 1.26 bits per heavy atom. The van der Waals surface area contributed by atoms with Gasteiger partial charge in [-0.2, -0.15) is 0 Å². The monoisotopic (exact) mass is 465 g/mol. The van der Waals surface area contributed by atoms with E-state index in [2.05, 4.69) is 10.3 Å². The summed E-state index contributed by atoms with van der Waals surface area (Å²) in [6.07, 6.45) is 8.94. The average molecular weight is 466 g/mol. The molecule has 1 amide bonds. The molecule has 1 aromatic heterocycles. The number of carbonyl (C=O) groups is 1. The lowest BCUT2D eigenvalue weighted by Crippen LogP contribution is -2.36. The highest BCUT2D eigenvalue weighted by Gasteiger charge is 2.17. The fourth-order valence-electron chi connectivity index (χ4n) is 3.95. The van der Waals surface area contributed by atoms with Crippen molar-refractivity contribution in [2.75, 3.05) is 19.0 Å². The maximum Gasteiger partial charge on any atom is 0.262 e. The van der Waals surface area contributed by atoms with Crippen LogP contribution in [0, 0.1) is 0 Å². The molecule has 3 rings (SSSR count). The lowest BCUT2D eigenvalue weighted by molar-refractivity contribution is -0.119. The number of halogens is 1. The van der Waals surface area contributed by atoms with Crippen LogP contribution in [0.25, 0.3) is 10.9 Å². The zero-order chi connectivity index (χ0) is 22.1. The number of amides is 1. The highest BCUT2D eigenvalue weighted by atomic mass is 35.5. The summed E-state index contributed by atoms with van der Waals surface area (Å²) in [5.74, 6) is 0.234. The van der Waals surface area contributed by atoms with Gasteiger partial charge in [0.05, 0.1) is 16.7 Å². The third-order valence-corrected chi connectivity index (χ3v) is 6.77. The molecule has 0 aliphatic heterocycles. The molecule has 8 heteroatoms.